The number of aryl methyl sites for hydroxylation is 1. The lowest BCUT2D eigenvalue weighted by Gasteiger charge is -2.38. The normalized spacial score (nSPS) is 22.9. The van der Waals surface area contributed by atoms with E-state index in [1.807, 2.05) is 25.1 Å². The Kier molecular flexibility index (Phi) is 5.46. The molecular formula is C23H25FN2O2S2. The van der Waals surface area contributed by atoms with Gasteiger partial charge in [-0.15, -0.1) is 17.3 Å². The maximum absolute atomic E-state index is 15.2. The molecule has 1 aromatic heterocycles. The van der Waals surface area contributed by atoms with Crippen LogP contribution in [0.1, 0.15) is 43.7 Å². The van der Waals surface area contributed by atoms with E-state index in [1.54, 1.807) is 13.8 Å². The Bertz CT molecular complexity index is 1290. The molecule has 0 radical (unpaired) electrons. The second-order valence-electron chi connectivity index (χ2n) is 8.19. The summed E-state index contributed by atoms with van der Waals surface area (Å²) >= 11 is 1.46. The molecule has 7 heteroatoms. The predicted octanol–water partition coefficient (Wildman–Crippen LogP) is 4.77. The number of thiophene rings is 1. The van der Waals surface area contributed by atoms with Gasteiger partial charge in [0.1, 0.15) is 21.9 Å². The summed E-state index contributed by atoms with van der Waals surface area (Å²) in [5.41, 5.74) is 6.43. The highest BCUT2D eigenvalue weighted by molar-refractivity contribution is 7.93. The first-order valence-electron chi connectivity index (χ1n) is 9.43. The summed E-state index contributed by atoms with van der Waals surface area (Å²) in [6.07, 6.45) is 1.40. The quantitative estimate of drug-likeness (QED) is 0.547. The van der Waals surface area contributed by atoms with Gasteiger partial charge in [0, 0.05) is 20.7 Å². The maximum Gasteiger partial charge on any atom is 0.165 e. The smallest absolute Gasteiger partial charge is 0.165 e. The number of aliphatic imine (C=N–C) groups is 1. The van der Waals surface area contributed by atoms with Crippen molar-refractivity contribution in [3.8, 4) is 11.8 Å². The SMILES string of the molecule is C=C(/C(F)=C\c1sc2ccc(C#CC)cc2c1C)[C@]1(C)CS(=O)(=O)C(C)(C)C(N)=N1. The van der Waals surface area contributed by atoms with Gasteiger partial charge in [-0.1, -0.05) is 12.5 Å². The number of rotatable bonds is 3. The Balaban J connectivity index is 2.03. The van der Waals surface area contributed by atoms with Gasteiger partial charge >= 0.3 is 0 Å². The van der Waals surface area contributed by atoms with E-state index in [2.05, 4.69) is 23.4 Å². The van der Waals surface area contributed by atoms with E-state index in [0.29, 0.717) is 0 Å². The van der Waals surface area contributed by atoms with Crippen LogP contribution in [0.15, 0.2) is 41.2 Å². The Labute approximate surface area is 181 Å². The van der Waals surface area contributed by atoms with Gasteiger partial charge in [0.15, 0.2) is 9.84 Å². The minimum Gasteiger partial charge on any atom is -0.386 e. The number of benzene rings is 1. The molecule has 0 saturated carbocycles. The van der Waals surface area contributed by atoms with Crippen molar-refractivity contribution in [2.24, 2.45) is 10.7 Å². The van der Waals surface area contributed by atoms with Crippen LogP contribution in [0.2, 0.25) is 0 Å². The van der Waals surface area contributed by atoms with Gasteiger partial charge in [0.25, 0.3) is 0 Å². The molecule has 0 unspecified atom stereocenters. The van der Waals surface area contributed by atoms with Gasteiger partial charge in [-0.2, -0.15) is 0 Å². The van der Waals surface area contributed by atoms with Crippen LogP contribution in [0.25, 0.3) is 16.2 Å². The highest BCUT2D eigenvalue weighted by Gasteiger charge is 2.49. The van der Waals surface area contributed by atoms with E-state index in [-0.39, 0.29) is 17.2 Å². The molecule has 0 fully saturated rings. The number of nitrogens with zero attached hydrogens (tertiary/aromatic N) is 1. The van der Waals surface area contributed by atoms with E-state index >= 15 is 4.39 Å². The molecule has 3 rings (SSSR count). The van der Waals surface area contributed by atoms with Crippen LogP contribution in [0, 0.1) is 18.8 Å². The Morgan fingerprint density at radius 3 is 2.63 bits per heavy atom. The van der Waals surface area contributed by atoms with Crippen LogP contribution >= 0.6 is 11.3 Å². The van der Waals surface area contributed by atoms with Gasteiger partial charge in [-0.25, -0.2) is 12.8 Å². The van der Waals surface area contributed by atoms with Gasteiger partial charge in [0.2, 0.25) is 0 Å². The fourth-order valence-electron chi connectivity index (χ4n) is 3.36. The molecule has 158 valence electrons. The molecule has 2 N–H and O–H groups in total. The van der Waals surface area contributed by atoms with Crippen molar-refractivity contribution >= 4 is 43.2 Å². The van der Waals surface area contributed by atoms with Gasteiger partial charge < -0.3 is 5.73 Å². The summed E-state index contributed by atoms with van der Waals surface area (Å²) in [4.78, 5) is 5.09. The van der Waals surface area contributed by atoms with Gasteiger partial charge in [-0.05, 0) is 69.8 Å². The van der Waals surface area contributed by atoms with E-state index in [9.17, 15) is 8.42 Å². The summed E-state index contributed by atoms with van der Waals surface area (Å²) in [5, 5.41) is 1.01. The first kappa shape index (κ1) is 22.3. The number of fused-ring (bicyclic) bond motifs is 1. The van der Waals surface area contributed by atoms with Crippen LogP contribution in [0.5, 0.6) is 0 Å². The summed E-state index contributed by atoms with van der Waals surface area (Å²) in [5.74, 6) is 4.92. The Morgan fingerprint density at radius 2 is 2.03 bits per heavy atom. The van der Waals surface area contributed by atoms with E-state index in [4.69, 9.17) is 5.73 Å². The van der Waals surface area contributed by atoms with Crippen LogP contribution in [-0.2, 0) is 9.84 Å². The molecule has 0 saturated heterocycles. The highest BCUT2D eigenvalue weighted by atomic mass is 32.2. The lowest BCUT2D eigenvalue weighted by molar-refractivity contribution is 0.515. The third kappa shape index (κ3) is 3.59. The number of sulfone groups is 1. The molecule has 0 bridgehead atoms. The minimum absolute atomic E-state index is 0.00100. The lowest BCUT2D eigenvalue weighted by Crippen LogP contribution is -2.56. The molecule has 1 aromatic carbocycles. The maximum atomic E-state index is 15.2. The van der Waals surface area contributed by atoms with Crippen LogP contribution in [-0.4, -0.2) is 30.3 Å². The van der Waals surface area contributed by atoms with Crippen molar-refractivity contribution < 1.29 is 12.8 Å². The third-order valence-corrected chi connectivity index (χ3v) is 9.60. The molecule has 0 spiro atoms. The van der Waals surface area contributed by atoms with E-state index < -0.39 is 26.0 Å². The molecule has 2 heterocycles. The molecule has 0 amide bonds. The predicted molar refractivity (Wildman–Crippen MR) is 125 cm³/mol. The number of hydrogen-bond acceptors (Lipinski definition) is 5. The average Bonchev–Trinajstić information content (AvgIpc) is 2.95. The zero-order valence-electron chi connectivity index (χ0n) is 17.8. The fourth-order valence-corrected chi connectivity index (χ4v) is 6.18. The summed E-state index contributed by atoms with van der Waals surface area (Å²) in [6, 6.07) is 5.90. The van der Waals surface area contributed by atoms with Gasteiger partial charge in [0.05, 0.1) is 5.75 Å². The first-order valence-corrected chi connectivity index (χ1v) is 11.9. The minimum atomic E-state index is -3.63. The number of nitrogens with two attached hydrogens (primary N) is 1. The summed E-state index contributed by atoms with van der Waals surface area (Å²) < 4.78 is 40.4. The molecule has 30 heavy (non-hydrogen) atoms. The second-order valence-corrected chi connectivity index (χ2v) is 11.8. The molecule has 2 aromatic rings. The Hall–Kier alpha value is -2.43. The average molecular weight is 445 g/mol. The van der Waals surface area contributed by atoms with Crippen molar-refractivity contribution in [3.63, 3.8) is 0 Å². The van der Waals surface area contributed by atoms with Crippen LogP contribution in [0.4, 0.5) is 4.39 Å². The zero-order chi connectivity index (χ0) is 22.5. The van der Waals surface area contributed by atoms with Gasteiger partial charge in [-0.3, -0.25) is 4.99 Å². The summed E-state index contributed by atoms with van der Waals surface area (Å²) in [6.45, 7) is 12.1. The number of amidine groups is 1. The highest BCUT2D eigenvalue weighted by Crippen LogP contribution is 2.39. The molecule has 0 aliphatic carbocycles. The topological polar surface area (TPSA) is 72.5 Å². The largest absolute Gasteiger partial charge is 0.386 e. The number of halogens is 1. The van der Waals surface area contributed by atoms with Crippen molar-refractivity contribution in [2.45, 2.75) is 44.9 Å². The first-order chi connectivity index (χ1) is 13.8. The summed E-state index contributed by atoms with van der Waals surface area (Å²) in [7, 11) is -3.63. The second kappa shape index (κ2) is 7.36. The zero-order valence-corrected chi connectivity index (χ0v) is 19.4. The molecule has 4 nitrogen and oxygen atoms in total. The van der Waals surface area contributed by atoms with E-state index in [1.165, 1.54) is 31.3 Å². The fraction of sp³-hybridized carbons (Fsp3) is 0.348. The van der Waals surface area contributed by atoms with Crippen molar-refractivity contribution in [1.29, 1.82) is 0 Å². The third-order valence-electron chi connectivity index (χ3n) is 5.67. The monoisotopic (exact) mass is 444 g/mol. The van der Waals surface area contributed by atoms with Crippen molar-refractivity contribution in [3.05, 3.63) is 52.2 Å². The molecule has 1 atom stereocenters. The molecular weight excluding hydrogens is 419 g/mol. The molecule has 1 aliphatic rings. The molecule has 1 aliphatic heterocycles. The van der Waals surface area contributed by atoms with Crippen molar-refractivity contribution in [2.75, 3.05) is 5.75 Å². The van der Waals surface area contributed by atoms with Crippen molar-refractivity contribution in [1.82, 2.24) is 0 Å². The van der Waals surface area contributed by atoms with Crippen LogP contribution in [0.3, 0.4) is 0 Å². The standard InChI is InChI=1S/C23H25FN2O2S2/c1-7-8-16-9-10-19-17(11-16)14(2)20(29-19)12-18(24)15(3)23(6)13-30(27,28)22(4,5)21(25)26-23/h9-12H,3,13H2,1-2,4-6H3,(H2,25,26)/b18-12+/t23-/m0/s1. The Morgan fingerprint density at radius 1 is 1.37 bits per heavy atom. The van der Waals surface area contributed by atoms with Crippen LogP contribution < -0.4 is 5.73 Å². The number of hydrogen-bond donors (Lipinski definition) is 1. The van der Waals surface area contributed by atoms with E-state index in [0.717, 1.165) is 26.1 Å². The lowest BCUT2D eigenvalue weighted by atomic mass is 9.93.